The highest BCUT2D eigenvalue weighted by molar-refractivity contribution is 4.89. The summed E-state index contributed by atoms with van der Waals surface area (Å²) in [5.74, 6) is 0. The van der Waals surface area contributed by atoms with E-state index in [0.29, 0.717) is 0 Å². The summed E-state index contributed by atoms with van der Waals surface area (Å²) in [6, 6.07) is 0. The van der Waals surface area contributed by atoms with Crippen LogP contribution < -0.4 is 5.73 Å². The van der Waals surface area contributed by atoms with Gasteiger partial charge in [-0.3, -0.25) is 0 Å². The second-order valence-electron chi connectivity index (χ2n) is 6.61. The standard InChI is InChI=1S/C16H32N2/c17-12-6-2-1-3-7-13-18-14-10-16(11-15-18)8-4-5-9-16/h1-15,17H2. The third-order valence-corrected chi connectivity index (χ3v) is 5.26. The predicted octanol–water partition coefficient (Wildman–Crippen LogP) is 3.55. The lowest BCUT2D eigenvalue weighted by Crippen LogP contribution is -2.39. The number of rotatable bonds is 7. The van der Waals surface area contributed by atoms with Crippen LogP contribution in [0.25, 0.3) is 0 Å². The van der Waals surface area contributed by atoms with Gasteiger partial charge >= 0.3 is 0 Å². The Kier molecular flexibility index (Phi) is 5.97. The van der Waals surface area contributed by atoms with Crippen molar-refractivity contribution in [1.82, 2.24) is 4.90 Å². The van der Waals surface area contributed by atoms with Gasteiger partial charge in [-0.2, -0.15) is 0 Å². The molecule has 1 spiro atoms. The Morgan fingerprint density at radius 2 is 1.39 bits per heavy atom. The van der Waals surface area contributed by atoms with Crippen LogP contribution in [-0.4, -0.2) is 31.1 Å². The van der Waals surface area contributed by atoms with Crippen molar-refractivity contribution in [3.05, 3.63) is 0 Å². The number of nitrogens with zero attached hydrogens (tertiary/aromatic N) is 1. The van der Waals surface area contributed by atoms with Gasteiger partial charge in [0, 0.05) is 0 Å². The number of nitrogens with two attached hydrogens (primary N) is 1. The van der Waals surface area contributed by atoms with Crippen LogP contribution in [0.1, 0.15) is 70.6 Å². The molecule has 1 aliphatic carbocycles. The van der Waals surface area contributed by atoms with Crippen molar-refractivity contribution in [2.45, 2.75) is 70.6 Å². The maximum absolute atomic E-state index is 5.51. The molecule has 106 valence electrons. The van der Waals surface area contributed by atoms with E-state index >= 15 is 0 Å². The van der Waals surface area contributed by atoms with E-state index < -0.39 is 0 Å². The Morgan fingerprint density at radius 3 is 2.06 bits per heavy atom. The number of piperidine rings is 1. The molecule has 0 aromatic carbocycles. The lowest BCUT2D eigenvalue weighted by molar-refractivity contribution is 0.107. The lowest BCUT2D eigenvalue weighted by atomic mass is 9.77. The van der Waals surface area contributed by atoms with Crippen molar-refractivity contribution in [3.8, 4) is 0 Å². The fraction of sp³-hybridized carbons (Fsp3) is 1.00. The Labute approximate surface area is 113 Å². The van der Waals surface area contributed by atoms with Gasteiger partial charge < -0.3 is 10.6 Å². The van der Waals surface area contributed by atoms with Crippen LogP contribution in [0.4, 0.5) is 0 Å². The zero-order chi connectivity index (χ0) is 12.7. The Bertz CT molecular complexity index is 211. The highest BCUT2D eigenvalue weighted by Crippen LogP contribution is 2.46. The smallest absolute Gasteiger partial charge is 0.00134 e. The Balaban J connectivity index is 1.51. The molecule has 2 aliphatic rings. The Hall–Kier alpha value is -0.0800. The first-order valence-corrected chi connectivity index (χ1v) is 8.27. The van der Waals surface area contributed by atoms with Crippen LogP contribution in [0.2, 0.25) is 0 Å². The molecule has 2 rings (SSSR count). The molecule has 18 heavy (non-hydrogen) atoms. The van der Waals surface area contributed by atoms with Crippen LogP contribution in [0, 0.1) is 5.41 Å². The quantitative estimate of drug-likeness (QED) is 0.702. The molecule has 1 saturated heterocycles. The monoisotopic (exact) mass is 252 g/mol. The molecule has 2 fully saturated rings. The van der Waals surface area contributed by atoms with E-state index in [1.807, 2.05) is 0 Å². The van der Waals surface area contributed by atoms with E-state index in [1.54, 1.807) is 0 Å². The van der Waals surface area contributed by atoms with Gasteiger partial charge in [-0.25, -0.2) is 0 Å². The summed E-state index contributed by atoms with van der Waals surface area (Å²) in [5.41, 5.74) is 6.30. The number of hydrogen-bond donors (Lipinski definition) is 1. The third kappa shape index (κ3) is 4.24. The number of unbranched alkanes of at least 4 members (excludes halogenated alkanes) is 4. The second-order valence-corrected chi connectivity index (χ2v) is 6.61. The maximum atomic E-state index is 5.51. The van der Waals surface area contributed by atoms with Crippen molar-refractivity contribution >= 4 is 0 Å². The van der Waals surface area contributed by atoms with E-state index in [4.69, 9.17) is 5.73 Å². The van der Waals surface area contributed by atoms with E-state index in [-0.39, 0.29) is 0 Å². The summed E-state index contributed by atoms with van der Waals surface area (Å²) >= 11 is 0. The van der Waals surface area contributed by atoms with Crippen LogP contribution in [0.3, 0.4) is 0 Å². The van der Waals surface area contributed by atoms with Gasteiger partial charge in [0.05, 0.1) is 0 Å². The molecule has 0 atom stereocenters. The van der Waals surface area contributed by atoms with E-state index in [0.717, 1.165) is 12.0 Å². The molecule has 2 nitrogen and oxygen atoms in total. The first-order chi connectivity index (χ1) is 8.85. The summed E-state index contributed by atoms with van der Waals surface area (Å²) < 4.78 is 0. The van der Waals surface area contributed by atoms with E-state index in [1.165, 1.54) is 90.3 Å². The zero-order valence-electron chi connectivity index (χ0n) is 12.1. The highest BCUT2D eigenvalue weighted by Gasteiger charge is 2.36. The summed E-state index contributed by atoms with van der Waals surface area (Å²) in [6.45, 7) is 4.97. The minimum absolute atomic E-state index is 0.789. The fourth-order valence-electron chi connectivity index (χ4n) is 3.89. The van der Waals surface area contributed by atoms with Gasteiger partial charge in [-0.15, -0.1) is 0 Å². The molecular weight excluding hydrogens is 220 g/mol. The maximum Gasteiger partial charge on any atom is -0.00134 e. The van der Waals surface area contributed by atoms with Crippen molar-refractivity contribution in [2.24, 2.45) is 11.1 Å². The van der Waals surface area contributed by atoms with Crippen molar-refractivity contribution in [3.63, 3.8) is 0 Å². The first-order valence-electron chi connectivity index (χ1n) is 8.27. The minimum Gasteiger partial charge on any atom is -0.330 e. The summed E-state index contributed by atoms with van der Waals surface area (Å²) in [7, 11) is 0. The van der Waals surface area contributed by atoms with Crippen molar-refractivity contribution in [1.29, 1.82) is 0 Å². The molecule has 2 N–H and O–H groups in total. The fourth-order valence-corrected chi connectivity index (χ4v) is 3.89. The molecule has 1 heterocycles. The number of hydrogen-bond acceptors (Lipinski definition) is 2. The molecule has 0 amide bonds. The average Bonchev–Trinajstić information content (AvgIpc) is 2.85. The molecule has 2 heteroatoms. The highest BCUT2D eigenvalue weighted by atomic mass is 15.1. The lowest BCUT2D eigenvalue weighted by Gasteiger charge is -2.39. The number of likely N-dealkylation sites (tertiary alicyclic amines) is 1. The normalized spacial score (nSPS) is 23.8. The molecule has 0 aromatic heterocycles. The summed E-state index contributed by atoms with van der Waals surface area (Å²) in [4.78, 5) is 2.71. The molecular formula is C16H32N2. The first kappa shape index (κ1) is 14.3. The Morgan fingerprint density at radius 1 is 0.778 bits per heavy atom. The van der Waals surface area contributed by atoms with Crippen LogP contribution in [-0.2, 0) is 0 Å². The third-order valence-electron chi connectivity index (χ3n) is 5.26. The van der Waals surface area contributed by atoms with Crippen molar-refractivity contribution in [2.75, 3.05) is 26.2 Å². The predicted molar refractivity (Wildman–Crippen MR) is 78.7 cm³/mol. The van der Waals surface area contributed by atoms with E-state index in [9.17, 15) is 0 Å². The topological polar surface area (TPSA) is 29.3 Å². The molecule has 1 saturated carbocycles. The second kappa shape index (κ2) is 7.49. The molecule has 1 aliphatic heterocycles. The zero-order valence-corrected chi connectivity index (χ0v) is 12.1. The van der Waals surface area contributed by atoms with Gasteiger partial charge in [0.1, 0.15) is 0 Å². The van der Waals surface area contributed by atoms with Gasteiger partial charge in [-0.1, -0.05) is 32.1 Å². The van der Waals surface area contributed by atoms with Gasteiger partial charge in [0.2, 0.25) is 0 Å². The molecule has 0 unspecified atom stereocenters. The van der Waals surface area contributed by atoms with Crippen molar-refractivity contribution < 1.29 is 0 Å². The molecule has 0 bridgehead atoms. The molecule has 0 aromatic rings. The average molecular weight is 252 g/mol. The van der Waals surface area contributed by atoms with Crippen LogP contribution >= 0.6 is 0 Å². The van der Waals surface area contributed by atoms with Crippen LogP contribution in [0.15, 0.2) is 0 Å². The largest absolute Gasteiger partial charge is 0.330 e. The summed E-state index contributed by atoms with van der Waals surface area (Å²) in [5, 5.41) is 0. The molecule has 0 radical (unpaired) electrons. The summed E-state index contributed by atoms with van der Waals surface area (Å²) in [6.07, 6.45) is 15.8. The minimum atomic E-state index is 0.789. The van der Waals surface area contributed by atoms with E-state index in [2.05, 4.69) is 4.90 Å². The SMILES string of the molecule is NCCCCCCCN1CCC2(CCCC2)CC1. The van der Waals surface area contributed by atoms with Gasteiger partial charge in [-0.05, 0) is 70.1 Å². The van der Waals surface area contributed by atoms with Crippen LogP contribution in [0.5, 0.6) is 0 Å². The van der Waals surface area contributed by atoms with Gasteiger partial charge in [0.25, 0.3) is 0 Å². The van der Waals surface area contributed by atoms with Gasteiger partial charge in [0.15, 0.2) is 0 Å².